The van der Waals surface area contributed by atoms with Gasteiger partial charge < -0.3 is 10.4 Å². The van der Waals surface area contributed by atoms with Gasteiger partial charge in [0.1, 0.15) is 5.82 Å². The number of nitrogens with one attached hydrogen (secondary N) is 1. The van der Waals surface area contributed by atoms with Crippen LogP contribution in [0, 0.1) is 5.82 Å². The molecule has 2 nitrogen and oxygen atoms in total. The summed E-state index contributed by atoms with van der Waals surface area (Å²) in [6.45, 7) is 1.71. The van der Waals surface area contributed by atoms with Crippen LogP contribution < -0.4 is 5.32 Å². The molecule has 0 bridgehead atoms. The van der Waals surface area contributed by atoms with Gasteiger partial charge in [-0.25, -0.2) is 4.39 Å². The Balaban J connectivity index is 2.15. The topological polar surface area (TPSA) is 32.3 Å². The summed E-state index contributed by atoms with van der Waals surface area (Å²) >= 11 is 0. The zero-order chi connectivity index (χ0) is 10.2. The van der Waals surface area contributed by atoms with Crippen molar-refractivity contribution in [2.75, 3.05) is 19.7 Å². The first kappa shape index (κ1) is 11.1. The predicted octanol–water partition coefficient (Wildman–Crippen LogP) is 1.34. The molecule has 14 heavy (non-hydrogen) atoms. The molecule has 0 saturated carbocycles. The van der Waals surface area contributed by atoms with Crippen molar-refractivity contribution in [3.05, 3.63) is 35.6 Å². The van der Waals surface area contributed by atoms with Gasteiger partial charge in [-0.3, -0.25) is 0 Å². The van der Waals surface area contributed by atoms with E-state index in [1.807, 2.05) is 0 Å². The molecule has 0 radical (unpaired) electrons. The number of aryl methyl sites for hydroxylation is 1. The van der Waals surface area contributed by atoms with Crippen molar-refractivity contribution in [1.82, 2.24) is 5.32 Å². The molecule has 0 fully saturated rings. The monoisotopic (exact) mass is 197 g/mol. The average molecular weight is 197 g/mol. The summed E-state index contributed by atoms with van der Waals surface area (Å²) in [5.41, 5.74) is 1.15. The Hall–Kier alpha value is -0.930. The SMILES string of the molecule is OCCNCCCc1ccc(F)cc1. The fourth-order valence-electron chi connectivity index (χ4n) is 1.27. The molecule has 2 N–H and O–H groups in total. The molecule has 0 spiro atoms. The van der Waals surface area contributed by atoms with E-state index < -0.39 is 0 Å². The number of hydrogen-bond acceptors (Lipinski definition) is 2. The first-order valence-corrected chi connectivity index (χ1v) is 4.89. The summed E-state index contributed by atoms with van der Waals surface area (Å²) in [6.07, 6.45) is 1.95. The van der Waals surface area contributed by atoms with Crippen molar-refractivity contribution in [3.63, 3.8) is 0 Å². The van der Waals surface area contributed by atoms with E-state index >= 15 is 0 Å². The smallest absolute Gasteiger partial charge is 0.123 e. The quantitative estimate of drug-likeness (QED) is 0.674. The van der Waals surface area contributed by atoms with E-state index in [0.717, 1.165) is 24.9 Å². The second-order valence-electron chi connectivity index (χ2n) is 3.20. The highest BCUT2D eigenvalue weighted by molar-refractivity contribution is 5.15. The molecule has 0 amide bonds. The number of aliphatic hydroxyl groups excluding tert-OH is 1. The Bertz CT molecular complexity index is 248. The molecule has 0 aliphatic heterocycles. The van der Waals surface area contributed by atoms with Gasteiger partial charge in [-0.15, -0.1) is 0 Å². The Morgan fingerprint density at radius 3 is 2.50 bits per heavy atom. The lowest BCUT2D eigenvalue weighted by molar-refractivity contribution is 0.292. The molecule has 1 aromatic carbocycles. The zero-order valence-electron chi connectivity index (χ0n) is 8.17. The third kappa shape index (κ3) is 4.35. The van der Waals surface area contributed by atoms with Crippen LogP contribution in [0.2, 0.25) is 0 Å². The van der Waals surface area contributed by atoms with Gasteiger partial charge in [0.25, 0.3) is 0 Å². The van der Waals surface area contributed by atoms with Gasteiger partial charge in [0.15, 0.2) is 0 Å². The first-order valence-electron chi connectivity index (χ1n) is 4.89. The normalized spacial score (nSPS) is 10.4. The highest BCUT2D eigenvalue weighted by Crippen LogP contribution is 2.04. The van der Waals surface area contributed by atoms with Crippen molar-refractivity contribution in [1.29, 1.82) is 0 Å². The number of rotatable bonds is 6. The van der Waals surface area contributed by atoms with Crippen LogP contribution >= 0.6 is 0 Å². The van der Waals surface area contributed by atoms with Crippen molar-refractivity contribution >= 4 is 0 Å². The van der Waals surface area contributed by atoms with Crippen molar-refractivity contribution < 1.29 is 9.50 Å². The van der Waals surface area contributed by atoms with E-state index in [2.05, 4.69) is 5.32 Å². The second kappa shape index (κ2) is 6.51. The summed E-state index contributed by atoms with van der Waals surface area (Å²) in [5, 5.41) is 11.6. The summed E-state index contributed by atoms with van der Waals surface area (Å²) in [7, 11) is 0. The summed E-state index contributed by atoms with van der Waals surface area (Å²) in [5.74, 6) is -0.188. The number of halogens is 1. The minimum absolute atomic E-state index is 0.177. The fourth-order valence-corrected chi connectivity index (χ4v) is 1.27. The molecule has 0 saturated heterocycles. The Kier molecular flexibility index (Phi) is 5.19. The van der Waals surface area contributed by atoms with Gasteiger partial charge in [0.2, 0.25) is 0 Å². The van der Waals surface area contributed by atoms with Gasteiger partial charge in [0.05, 0.1) is 6.61 Å². The highest BCUT2D eigenvalue weighted by atomic mass is 19.1. The molecule has 78 valence electrons. The Labute approximate surface area is 83.8 Å². The number of benzene rings is 1. The van der Waals surface area contributed by atoms with E-state index in [-0.39, 0.29) is 12.4 Å². The van der Waals surface area contributed by atoms with Crippen LogP contribution in [-0.2, 0) is 6.42 Å². The predicted molar refractivity (Wildman–Crippen MR) is 54.7 cm³/mol. The molecule has 0 unspecified atom stereocenters. The van der Waals surface area contributed by atoms with Crippen LogP contribution in [0.4, 0.5) is 4.39 Å². The first-order chi connectivity index (χ1) is 6.83. The lowest BCUT2D eigenvalue weighted by Gasteiger charge is -2.02. The van der Waals surface area contributed by atoms with Crippen molar-refractivity contribution in [2.45, 2.75) is 12.8 Å². The van der Waals surface area contributed by atoms with Crippen LogP contribution in [0.15, 0.2) is 24.3 Å². The minimum atomic E-state index is -0.188. The van der Waals surface area contributed by atoms with Crippen molar-refractivity contribution in [3.8, 4) is 0 Å². The highest BCUT2D eigenvalue weighted by Gasteiger charge is 1.93. The van der Waals surface area contributed by atoms with Gasteiger partial charge in [0, 0.05) is 6.54 Å². The van der Waals surface area contributed by atoms with Gasteiger partial charge >= 0.3 is 0 Å². The van der Waals surface area contributed by atoms with E-state index in [1.165, 1.54) is 12.1 Å². The van der Waals surface area contributed by atoms with E-state index in [1.54, 1.807) is 12.1 Å². The largest absolute Gasteiger partial charge is 0.395 e. The van der Waals surface area contributed by atoms with Crippen LogP contribution in [0.1, 0.15) is 12.0 Å². The molecular weight excluding hydrogens is 181 g/mol. The van der Waals surface area contributed by atoms with Gasteiger partial charge in [-0.1, -0.05) is 12.1 Å². The van der Waals surface area contributed by atoms with Crippen LogP contribution in [-0.4, -0.2) is 24.8 Å². The molecule has 0 aliphatic carbocycles. The van der Waals surface area contributed by atoms with Crippen LogP contribution in [0.25, 0.3) is 0 Å². The second-order valence-corrected chi connectivity index (χ2v) is 3.20. The maximum Gasteiger partial charge on any atom is 0.123 e. The molecular formula is C11H16FNO. The molecule has 0 aliphatic rings. The lowest BCUT2D eigenvalue weighted by atomic mass is 10.1. The Morgan fingerprint density at radius 2 is 1.86 bits per heavy atom. The molecule has 1 rings (SSSR count). The minimum Gasteiger partial charge on any atom is -0.395 e. The third-order valence-corrected chi connectivity index (χ3v) is 2.02. The van der Waals surface area contributed by atoms with Crippen LogP contribution in [0.5, 0.6) is 0 Å². The van der Waals surface area contributed by atoms with E-state index in [0.29, 0.717) is 6.54 Å². The van der Waals surface area contributed by atoms with Crippen molar-refractivity contribution in [2.24, 2.45) is 0 Å². The number of hydrogen-bond donors (Lipinski definition) is 2. The van der Waals surface area contributed by atoms with E-state index in [9.17, 15) is 4.39 Å². The maximum atomic E-state index is 12.5. The summed E-state index contributed by atoms with van der Waals surface area (Å²) in [4.78, 5) is 0. The lowest BCUT2D eigenvalue weighted by Crippen LogP contribution is -2.19. The number of aliphatic hydroxyl groups is 1. The molecule has 3 heteroatoms. The Morgan fingerprint density at radius 1 is 1.14 bits per heavy atom. The zero-order valence-corrected chi connectivity index (χ0v) is 8.17. The summed E-state index contributed by atoms with van der Waals surface area (Å²) < 4.78 is 12.5. The standard InChI is InChI=1S/C11H16FNO/c12-11-5-3-10(4-6-11)2-1-7-13-8-9-14/h3-6,13-14H,1-2,7-9H2. The average Bonchev–Trinajstić information content (AvgIpc) is 2.21. The summed E-state index contributed by atoms with van der Waals surface area (Å²) in [6, 6.07) is 6.58. The fraction of sp³-hybridized carbons (Fsp3) is 0.455. The third-order valence-electron chi connectivity index (χ3n) is 2.02. The van der Waals surface area contributed by atoms with E-state index in [4.69, 9.17) is 5.11 Å². The maximum absolute atomic E-state index is 12.5. The molecule has 0 atom stereocenters. The van der Waals surface area contributed by atoms with Gasteiger partial charge in [-0.2, -0.15) is 0 Å². The van der Waals surface area contributed by atoms with Gasteiger partial charge in [-0.05, 0) is 37.1 Å². The molecule has 1 aromatic rings. The molecule has 0 heterocycles. The van der Waals surface area contributed by atoms with Crippen LogP contribution in [0.3, 0.4) is 0 Å². The molecule has 0 aromatic heterocycles.